The number of benzene rings is 2. The van der Waals surface area contributed by atoms with E-state index < -0.39 is 0 Å². The van der Waals surface area contributed by atoms with Crippen LogP contribution in [0, 0.1) is 17.1 Å². The van der Waals surface area contributed by atoms with Gasteiger partial charge in [0.25, 0.3) is 0 Å². The normalized spacial score (nSPS) is 14.7. The van der Waals surface area contributed by atoms with Gasteiger partial charge in [-0.05, 0) is 67.8 Å². The van der Waals surface area contributed by atoms with Gasteiger partial charge in [-0.3, -0.25) is 9.69 Å². The maximum absolute atomic E-state index is 13.8. The molecule has 6 nitrogen and oxygen atoms in total. The van der Waals surface area contributed by atoms with Crippen LogP contribution in [0.5, 0.6) is 0 Å². The Hall–Kier alpha value is -3.21. The van der Waals surface area contributed by atoms with E-state index in [1.165, 1.54) is 17.7 Å². The van der Waals surface area contributed by atoms with Gasteiger partial charge in [-0.15, -0.1) is 0 Å². The monoisotopic (exact) mass is 489 g/mol. The van der Waals surface area contributed by atoms with Gasteiger partial charge in [0, 0.05) is 55.5 Å². The number of carbonyl (C=O) groups excluding carboxylic acids is 1. The molecule has 1 saturated heterocycles. The highest BCUT2D eigenvalue weighted by molar-refractivity contribution is 5.94. The van der Waals surface area contributed by atoms with E-state index in [1.807, 2.05) is 24.3 Å². The molecule has 190 valence electrons. The van der Waals surface area contributed by atoms with Crippen molar-refractivity contribution in [1.29, 1.82) is 5.26 Å². The van der Waals surface area contributed by atoms with Gasteiger partial charge in [0.05, 0.1) is 18.2 Å². The Balaban J connectivity index is 1.25. The molecule has 1 amide bonds. The summed E-state index contributed by atoms with van der Waals surface area (Å²) in [5.41, 5.74) is 3.67. The predicted molar refractivity (Wildman–Crippen MR) is 142 cm³/mol. The maximum Gasteiger partial charge on any atom is 0.241 e. The van der Waals surface area contributed by atoms with Gasteiger partial charge in [0.1, 0.15) is 5.82 Å². The van der Waals surface area contributed by atoms with E-state index in [0.717, 1.165) is 75.7 Å². The van der Waals surface area contributed by atoms with Crippen LogP contribution in [-0.2, 0) is 11.2 Å². The molecule has 1 fully saturated rings. The molecule has 4 rings (SSSR count). The molecule has 0 radical (unpaired) electrons. The lowest BCUT2D eigenvalue weighted by Crippen LogP contribution is -2.50. The Morgan fingerprint density at radius 2 is 1.89 bits per heavy atom. The molecule has 0 atom stereocenters. The summed E-state index contributed by atoms with van der Waals surface area (Å²) in [5.74, 6) is -0.270. The highest BCUT2D eigenvalue weighted by Crippen LogP contribution is 2.21. The summed E-state index contributed by atoms with van der Waals surface area (Å²) in [4.78, 5) is 22.9. The standard InChI is InChI=1S/C29H36FN5O/c1-2-3-4-13-35(26-9-5-8-25(30)19-26)29(36)22-34-16-14-33(15-17-34)12-6-7-24-21-32-28-11-10-23(20-31)18-27(24)28/h5,8-11,18-19,21,32H,2-4,6-7,12-17,22H2,1H3. The molecule has 1 aliphatic rings. The van der Waals surface area contributed by atoms with Crippen LogP contribution in [0.15, 0.2) is 48.7 Å². The number of nitriles is 1. The summed E-state index contributed by atoms with van der Waals surface area (Å²) >= 11 is 0. The van der Waals surface area contributed by atoms with E-state index in [2.05, 4.69) is 34.0 Å². The van der Waals surface area contributed by atoms with Gasteiger partial charge in [-0.2, -0.15) is 5.26 Å². The minimum Gasteiger partial charge on any atom is -0.361 e. The molecule has 0 spiro atoms. The first-order chi connectivity index (χ1) is 17.6. The van der Waals surface area contributed by atoms with Crippen molar-refractivity contribution in [1.82, 2.24) is 14.8 Å². The van der Waals surface area contributed by atoms with Gasteiger partial charge in [-0.25, -0.2) is 4.39 Å². The average molecular weight is 490 g/mol. The molecule has 0 aliphatic carbocycles. The molecule has 2 heterocycles. The number of aromatic amines is 1. The smallest absolute Gasteiger partial charge is 0.241 e. The Morgan fingerprint density at radius 1 is 1.08 bits per heavy atom. The van der Waals surface area contributed by atoms with Gasteiger partial charge < -0.3 is 14.8 Å². The fraction of sp³-hybridized carbons (Fsp3) is 0.448. The molecule has 2 aromatic carbocycles. The molecule has 1 N–H and O–H groups in total. The molecule has 1 aromatic heterocycles. The zero-order chi connectivity index (χ0) is 25.3. The van der Waals surface area contributed by atoms with Crippen molar-refractivity contribution >= 4 is 22.5 Å². The summed E-state index contributed by atoms with van der Waals surface area (Å²) in [5, 5.41) is 10.3. The molecular weight excluding hydrogens is 453 g/mol. The zero-order valence-electron chi connectivity index (χ0n) is 21.2. The topological polar surface area (TPSA) is 66.4 Å². The van der Waals surface area contributed by atoms with Crippen molar-refractivity contribution in [2.24, 2.45) is 0 Å². The fourth-order valence-corrected chi connectivity index (χ4v) is 4.96. The lowest BCUT2D eigenvalue weighted by molar-refractivity contribution is -0.120. The quantitative estimate of drug-likeness (QED) is 0.387. The van der Waals surface area contributed by atoms with E-state index >= 15 is 0 Å². The Morgan fingerprint density at radius 3 is 2.64 bits per heavy atom. The largest absolute Gasteiger partial charge is 0.361 e. The molecule has 0 unspecified atom stereocenters. The highest BCUT2D eigenvalue weighted by atomic mass is 19.1. The second-order valence-corrected chi connectivity index (χ2v) is 9.64. The number of rotatable bonds is 11. The summed E-state index contributed by atoms with van der Waals surface area (Å²) in [6.45, 7) is 7.74. The van der Waals surface area contributed by atoms with E-state index in [-0.39, 0.29) is 11.7 Å². The molecular formula is C29H36FN5O. The fourth-order valence-electron chi connectivity index (χ4n) is 4.96. The lowest BCUT2D eigenvalue weighted by atomic mass is 10.1. The third-order valence-electron chi connectivity index (χ3n) is 7.05. The van der Waals surface area contributed by atoms with Gasteiger partial charge >= 0.3 is 0 Å². The highest BCUT2D eigenvalue weighted by Gasteiger charge is 2.23. The summed E-state index contributed by atoms with van der Waals surface area (Å²) in [7, 11) is 0. The van der Waals surface area contributed by atoms with Crippen LogP contribution in [-0.4, -0.2) is 66.5 Å². The molecule has 1 aliphatic heterocycles. The number of hydrogen-bond acceptors (Lipinski definition) is 4. The van der Waals surface area contributed by atoms with Crippen molar-refractivity contribution < 1.29 is 9.18 Å². The van der Waals surface area contributed by atoms with Gasteiger partial charge in [-0.1, -0.05) is 25.8 Å². The SMILES string of the molecule is CCCCCN(C(=O)CN1CCN(CCCc2c[nH]c3ccc(C#N)cc23)CC1)c1cccc(F)c1. The zero-order valence-corrected chi connectivity index (χ0v) is 21.2. The van der Waals surface area contributed by atoms with Crippen LogP contribution in [0.25, 0.3) is 10.9 Å². The second-order valence-electron chi connectivity index (χ2n) is 9.64. The van der Waals surface area contributed by atoms with Crippen LogP contribution in [0.2, 0.25) is 0 Å². The van der Waals surface area contributed by atoms with Crippen LogP contribution in [0.3, 0.4) is 0 Å². The first-order valence-electron chi connectivity index (χ1n) is 13.1. The maximum atomic E-state index is 13.8. The van der Waals surface area contributed by atoms with E-state index in [4.69, 9.17) is 0 Å². The number of H-pyrrole nitrogens is 1. The number of nitrogens with one attached hydrogen (secondary N) is 1. The van der Waals surface area contributed by atoms with Crippen molar-refractivity contribution in [3.8, 4) is 6.07 Å². The van der Waals surface area contributed by atoms with E-state index in [0.29, 0.717) is 24.3 Å². The van der Waals surface area contributed by atoms with Crippen molar-refractivity contribution in [2.75, 3.05) is 50.7 Å². The minimum atomic E-state index is -0.312. The number of anilines is 1. The van der Waals surface area contributed by atoms with Crippen molar-refractivity contribution in [3.63, 3.8) is 0 Å². The number of aromatic nitrogens is 1. The molecule has 0 saturated carbocycles. The number of halogens is 1. The van der Waals surface area contributed by atoms with Gasteiger partial charge in [0.2, 0.25) is 5.91 Å². The van der Waals surface area contributed by atoms with Crippen LogP contribution in [0.1, 0.15) is 43.7 Å². The van der Waals surface area contributed by atoms with Crippen LogP contribution in [0.4, 0.5) is 10.1 Å². The molecule has 3 aromatic rings. The third-order valence-corrected chi connectivity index (χ3v) is 7.05. The number of fused-ring (bicyclic) bond motifs is 1. The third kappa shape index (κ3) is 6.71. The minimum absolute atomic E-state index is 0.0428. The van der Waals surface area contributed by atoms with E-state index in [1.54, 1.807) is 11.0 Å². The van der Waals surface area contributed by atoms with Crippen LogP contribution >= 0.6 is 0 Å². The van der Waals surface area contributed by atoms with Crippen molar-refractivity contribution in [2.45, 2.75) is 39.0 Å². The first kappa shape index (κ1) is 25.9. The summed E-state index contributed by atoms with van der Waals surface area (Å²) in [6.07, 6.45) is 7.12. The van der Waals surface area contributed by atoms with E-state index in [9.17, 15) is 14.4 Å². The number of carbonyl (C=O) groups is 1. The Bertz CT molecular complexity index is 1190. The number of aryl methyl sites for hydroxylation is 1. The molecule has 36 heavy (non-hydrogen) atoms. The average Bonchev–Trinajstić information content (AvgIpc) is 3.29. The van der Waals surface area contributed by atoms with Gasteiger partial charge in [0.15, 0.2) is 0 Å². The number of nitrogens with zero attached hydrogens (tertiary/aromatic N) is 4. The lowest BCUT2D eigenvalue weighted by Gasteiger charge is -2.35. The summed E-state index contributed by atoms with van der Waals surface area (Å²) in [6, 6.07) is 14.4. The summed E-state index contributed by atoms with van der Waals surface area (Å²) < 4.78 is 13.8. The second kappa shape index (κ2) is 12.7. The first-order valence-corrected chi connectivity index (χ1v) is 13.1. The molecule has 7 heteroatoms. The predicted octanol–water partition coefficient (Wildman–Crippen LogP) is 4.95. The number of piperazine rings is 1. The van der Waals surface area contributed by atoms with Crippen LogP contribution < -0.4 is 4.90 Å². The number of amides is 1. The number of unbranched alkanes of at least 4 members (excludes halogenated alkanes) is 2. The Labute approximate surface area is 213 Å². The molecule has 0 bridgehead atoms. The van der Waals surface area contributed by atoms with Crippen molar-refractivity contribution in [3.05, 3.63) is 65.6 Å². The number of hydrogen-bond donors (Lipinski definition) is 1. The Kier molecular flexibility index (Phi) is 9.10.